The van der Waals surface area contributed by atoms with Gasteiger partial charge in [-0.2, -0.15) is 0 Å². The number of aliphatic carboxylic acids is 2. The van der Waals surface area contributed by atoms with E-state index in [-0.39, 0.29) is 73.7 Å². The largest absolute Gasteiger partial charge is 0.508 e. The first-order valence-electron chi connectivity index (χ1n) is 34.9. The van der Waals surface area contributed by atoms with E-state index in [1.807, 2.05) is 13.8 Å². The molecule has 18 atom stereocenters. The lowest BCUT2D eigenvalue weighted by Gasteiger charge is -2.38. The average molecular weight is 1360 g/mol. The third-order valence-electron chi connectivity index (χ3n) is 16.8. The lowest BCUT2D eigenvalue weighted by molar-refractivity contribution is -0.273. The van der Waals surface area contributed by atoms with Gasteiger partial charge in [-0.3, -0.25) is 9.59 Å². The van der Waals surface area contributed by atoms with Crippen LogP contribution >= 0.6 is 0 Å². The molecule has 0 radical (unpaired) electrons. The molecular weight excluding hydrogens is 1240 g/mol. The van der Waals surface area contributed by atoms with Crippen LogP contribution in [0.3, 0.4) is 0 Å². The topological polar surface area (TPSA) is 391 Å². The Kier molecular flexibility index (Phi) is 46.8. The molecule has 25 heteroatoms. The summed E-state index contributed by atoms with van der Waals surface area (Å²) in [5, 5.41) is 103. The summed E-state index contributed by atoms with van der Waals surface area (Å²) in [5.74, 6) is -1.72. The van der Waals surface area contributed by atoms with Crippen molar-refractivity contribution in [3.63, 3.8) is 0 Å². The van der Waals surface area contributed by atoms with Gasteiger partial charge in [0.25, 0.3) is 0 Å². The number of hydrogen-bond acceptors (Lipinski definition) is 23. The van der Waals surface area contributed by atoms with E-state index in [2.05, 4.69) is 0 Å². The van der Waals surface area contributed by atoms with Crippen molar-refractivity contribution in [2.24, 2.45) is 0 Å². The predicted molar refractivity (Wildman–Crippen MR) is 351 cm³/mol. The SMILES string of the molecule is CC(=O)CCCCCCCCCO[C@@H]1OC(C)[C@H](O)CC1O.CC1O[C@@H](OCCCCC(=O)O)C(O)C[C@H]1O.CC1O[C@@H](O[C@H](C)CCCC/C=C/C(=O)O)C(O)C[C@H]1OC(=O)c1ccc(O)cc1.CC1O[C@@H](O[C@H](C)CCCCCCCCC(=O)CCCO)C(O)C[C@H]1O. The van der Waals surface area contributed by atoms with E-state index < -0.39 is 98.0 Å². The van der Waals surface area contributed by atoms with E-state index in [0.29, 0.717) is 76.6 Å². The first-order valence-corrected chi connectivity index (χ1v) is 34.9. The van der Waals surface area contributed by atoms with Gasteiger partial charge in [0.2, 0.25) is 0 Å². The van der Waals surface area contributed by atoms with Crippen LogP contribution in [0.25, 0.3) is 0 Å². The van der Waals surface area contributed by atoms with E-state index in [1.165, 1.54) is 43.5 Å². The molecule has 550 valence electrons. The van der Waals surface area contributed by atoms with Crippen LogP contribution in [-0.2, 0) is 61.8 Å². The van der Waals surface area contributed by atoms with Gasteiger partial charge in [-0.1, -0.05) is 76.7 Å². The lowest BCUT2D eigenvalue weighted by atomic mass is 10.0. The maximum atomic E-state index is 12.3. The maximum absolute atomic E-state index is 12.3. The number of benzene rings is 1. The zero-order valence-electron chi connectivity index (χ0n) is 57.6. The highest BCUT2D eigenvalue weighted by atomic mass is 16.7. The van der Waals surface area contributed by atoms with Crippen LogP contribution in [0.1, 0.15) is 245 Å². The summed E-state index contributed by atoms with van der Waals surface area (Å²) in [6.07, 6.45) is 15.7. The number of ether oxygens (including phenoxy) is 9. The fourth-order valence-corrected chi connectivity index (χ4v) is 10.7. The number of esters is 1. The van der Waals surface area contributed by atoms with Crippen molar-refractivity contribution in [3.05, 3.63) is 42.0 Å². The molecule has 5 rings (SSSR count). The third-order valence-corrected chi connectivity index (χ3v) is 16.8. The molecule has 0 amide bonds. The van der Waals surface area contributed by atoms with Crippen molar-refractivity contribution in [3.8, 4) is 5.75 Å². The van der Waals surface area contributed by atoms with Gasteiger partial charge in [-0.15, -0.1) is 0 Å². The number of carboxylic acid groups (broad SMARTS) is 2. The number of carbonyl (C=O) groups excluding carboxylic acids is 3. The summed E-state index contributed by atoms with van der Waals surface area (Å²) in [6, 6.07) is 5.74. The van der Waals surface area contributed by atoms with Crippen molar-refractivity contribution < 1.29 is 123 Å². The van der Waals surface area contributed by atoms with Crippen LogP contribution in [-0.4, -0.2) is 216 Å². The van der Waals surface area contributed by atoms with Gasteiger partial charge >= 0.3 is 17.9 Å². The summed E-state index contributed by atoms with van der Waals surface area (Å²) in [7, 11) is 0. The fraction of sp³-hybridized carbons (Fsp3) is 0.814. The van der Waals surface area contributed by atoms with E-state index >= 15 is 0 Å². The molecule has 4 heterocycles. The monoisotopic (exact) mass is 1360 g/mol. The van der Waals surface area contributed by atoms with Crippen molar-refractivity contribution in [2.45, 2.75) is 345 Å². The first-order chi connectivity index (χ1) is 45.2. The fourth-order valence-electron chi connectivity index (χ4n) is 10.7. The summed E-state index contributed by atoms with van der Waals surface area (Å²) in [4.78, 5) is 55.2. The molecule has 8 unspecified atom stereocenters. The molecule has 1 aromatic carbocycles. The van der Waals surface area contributed by atoms with Gasteiger partial charge in [0.1, 0.15) is 47.8 Å². The number of aliphatic hydroxyl groups is 8. The second-order valence-electron chi connectivity index (χ2n) is 25.7. The van der Waals surface area contributed by atoms with Crippen LogP contribution in [0.5, 0.6) is 5.75 Å². The quantitative estimate of drug-likeness (QED) is 0.0166. The summed E-state index contributed by atoms with van der Waals surface area (Å²) < 4.78 is 50.0. The minimum absolute atomic E-state index is 0.0150. The molecule has 4 aliphatic rings. The van der Waals surface area contributed by atoms with Gasteiger partial charge in [0.05, 0.1) is 60.5 Å². The molecule has 0 spiro atoms. The molecular formula is C70H120O25. The number of unbranched alkanes of at least 4 members (excludes halogenated alkanes) is 14. The number of carbonyl (C=O) groups is 5. The van der Waals surface area contributed by atoms with Crippen molar-refractivity contribution in [2.75, 3.05) is 19.8 Å². The number of aliphatic hydroxyl groups excluding tert-OH is 8. The number of ketones is 2. The highest BCUT2D eigenvalue weighted by Gasteiger charge is 2.40. The molecule has 11 N–H and O–H groups in total. The van der Waals surface area contributed by atoms with E-state index in [0.717, 1.165) is 96.0 Å². The molecule has 4 fully saturated rings. The molecule has 0 saturated carbocycles. The molecule has 0 aromatic heterocycles. The molecule has 4 saturated heterocycles. The third kappa shape index (κ3) is 40.5. The van der Waals surface area contributed by atoms with E-state index in [4.69, 9.17) is 58.0 Å². The number of phenols is 1. The number of phenolic OH excluding ortho intramolecular Hbond substituents is 1. The molecule has 25 nitrogen and oxygen atoms in total. The summed E-state index contributed by atoms with van der Waals surface area (Å²) in [5.41, 5.74) is 0.305. The second-order valence-corrected chi connectivity index (χ2v) is 25.7. The Bertz CT molecular complexity index is 2220. The highest BCUT2D eigenvalue weighted by Crippen LogP contribution is 2.28. The Hall–Kier alpha value is -4.13. The van der Waals surface area contributed by atoms with Crippen LogP contribution in [0.15, 0.2) is 36.4 Å². The van der Waals surface area contributed by atoms with Crippen molar-refractivity contribution in [1.29, 1.82) is 0 Å². The van der Waals surface area contributed by atoms with Gasteiger partial charge in [-0.25, -0.2) is 9.59 Å². The summed E-state index contributed by atoms with van der Waals surface area (Å²) >= 11 is 0. The molecule has 0 bridgehead atoms. The van der Waals surface area contributed by atoms with E-state index in [1.54, 1.807) is 40.7 Å². The normalized spacial score (nSPS) is 28.1. The Balaban J connectivity index is 0.000000439. The standard InChI is InChI=1S/C22H30O8.C20H38O6.C17H32O5.C11H20O6/c1-14(7-5-3-4-6-8-20(25)26)28-22-18(24)13-19(15(2)29-22)30-21(27)16-9-11-17(23)12-10-16;1-15(25-20-19(24)14-18(23)16(2)26-20)10-7-5-3-4-6-8-11-17(22)12-9-13-21;1-13(18)10-8-6-4-3-5-7-9-11-21-17-16(20)12-15(19)14(2)22-17;1-7-8(12)6-9(13)11(17-7)16-5-3-2-4-10(14)15/h6,8-12,14-15,18-19,22-24H,3-5,7,13H2,1-2H3,(H,25,26);15-16,18-21,23-24H,3-14H2,1-2H3;14-17,19-20H,3-12H2,1-2H3;7-9,11-13H,2-6H2,1H3,(H,14,15)/b8-6+;;;/t14-,15?,18?,19-,22-;15-,16?,18-,19?,20-;14?,15-,16?,17-;7?,8-,9?,11-/m1111/s1. The first kappa shape index (κ1) is 87.0. The average Bonchev–Trinajstić information content (AvgIpc) is 0.892. The Morgan fingerprint density at radius 3 is 1.38 bits per heavy atom. The summed E-state index contributed by atoms with van der Waals surface area (Å²) in [6.45, 7) is 13.6. The van der Waals surface area contributed by atoms with Gasteiger partial charge in [0.15, 0.2) is 25.2 Å². The van der Waals surface area contributed by atoms with Crippen LogP contribution in [0.4, 0.5) is 0 Å². The zero-order valence-corrected chi connectivity index (χ0v) is 57.6. The Morgan fingerprint density at radius 1 is 0.495 bits per heavy atom. The minimum Gasteiger partial charge on any atom is -0.508 e. The predicted octanol–water partition coefficient (Wildman–Crippen LogP) is 8.41. The Labute approximate surface area is 563 Å². The van der Waals surface area contributed by atoms with Crippen LogP contribution in [0.2, 0.25) is 0 Å². The lowest BCUT2D eigenvalue weighted by Crippen LogP contribution is -2.49. The Morgan fingerprint density at radius 2 is 0.895 bits per heavy atom. The van der Waals surface area contributed by atoms with Gasteiger partial charge in [0, 0.05) is 77.3 Å². The van der Waals surface area contributed by atoms with Gasteiger partial charge in [-0.05, 0) is 137 Å². The number of allylic oxidation sites excluding steroid dienone is 1. The zero-order chi connectivity index (χ0) is 70.7. The van der Waals surface area contributed by atoms with Crippen molar-refractivity contribution in [1.82, 2.24) is 0 Å². The second kappa shape index (κ2) is 51.1. The molecule has 0 aliphatic carbocycles. The number of carboxylic acids is 2. The number of hydrogen-bond donors (Lipinski definition) is 11. The molecule has 4 aliphatic heterocycles. The smallest absolute Gasteiger partial charge is 0.338 e. The van der Waals surface area contributed by atoms with Crippen LogP contribution < -0.4 is 0 Å². The maximum Gasteiger partial charge on any atom is 0.338 e. The highest BCUT2D eigenvalue weighted by molar-refractivity contribution is 5.89. The van der Waals surface area contributed by atoms with E-state index in [9.17, 15) is 64.8 Å². The number of aromatic hydroxyl groups is 1. The van der Waals surface area contributed by atoms with Crippen molar-refractivity contribution >= 4 is 29.5 Å². The number of rotatable bonds is 41. The molecule has 95 heavy (non-hydrogen) atoms. The minimum atomic E-state index is -0.948. The van der Waals surface area contributed by atoms with Gasteiger partial charge < -0.3 is 104 Å². The van der Waals surface area contributed by atoms with Crippen LogP contribution in [0, 0.1) is 0 Å². The number of Topliss-reactive ketones (excluding diaryl/α,β-unsaturated/α-hetero) is 2. The molecule has 1 aromatic rings.